The number of hydrogen-bond donors (Lipinski definition) is 3. The third-order valence-corrected chi connectivity index (χ3v) is 8.75. The number of carbonyl (C=O) groups is 2. The number of nitriles is 1. The van der Waals surface area contributed by atoms with Crippen molar-refractivity contribution in [2.24, 2.45) is 5.92 Å². The topological polar surface area (TPSA) is 100 Å². The maximum atomic E-state index is 15.5. The number of piperidine rings is 2. The highest BCUT2D eigenvalue weighted by atomic mass is 19.3. The molecular weight excluding hydrogens is 497 g/mol. The zero-order valence-corrected chi connectivity index (χ0v) is 21.6. The molecular formula is C27H35F3N6O2. The number of aryl methyl sites for hydroxylation is 1. The van der Waals surface area contributed by atoms with Gasteiger partial charge in [0.2, 0.25) is 5.91 Å². The van der Waals surface area contributed by atoms with Crippen LogP contribution < -0.4 is 16.1 Å². The van der Waals surface area contributed by atoms with E-state index in [0.717, 1.165) is 12.8 Å². The van der Waals surface area contributed by atoms with E-state index < -0.39 is 29.7 Å². The molecule has 8 nitrogen and oxygen atoms in total. The number of fused-ring (bicyclic) bond motifs is 1. The molecule has 3 unspecified atom stereocenters. The highest BCUT2D eigenvalue weighted by Gasteiger charge is 2.57. The Morgan fingerprint density at radius 3 is 2.66 bits per heavy atom. The maximum absolute atomic E-state index is 15.5. The Bertz CT molecular complexity index is 1120. The van der Waals surface area contributed by atoms with Gasteiger partial charge in [0.05, 0.1) is 23.9 Å². The third kappa shape index (κ3) is 4.84. The van der Waals surface area contributed by atoms with Crippen LogP contribution in [-0.2, 0) is 4.79 Å². The van der Waals surface area contributed by atoms with Gasteiger partial charge in [0.15, 0.2) is 0 Å². The number of halogens is 3. The fraction of sp³-hybridized carbons (Fsp3) is 0.667. The molecule has 206 valence electrons. The minimum Gasteiger partial charge on any atom is -0.368 e. The average Bonchev–Trinajstić information content (AvgIpc) is 3.25. The van der Waals surface area contributed by atoms with Crippen LogP contribution in [0.2, 0.25) is 0 Å². The zero-order chi connectivity index (χ0) is 27.1. The van der Waals surface area contributed by atoms with Crippen molar-refractivity contribution in [2.75, 3.05) is 25.0 Å². The molecule has 1 saturated carbocycles. The summed E-state index contributed by atoms with van der Waals surface area (Å²) in [6, 6.07) is 7.15. The molecule has 1 aromatic carbocycles. The van der Waals surface area contributed by atoms with Crippen molar-refractivity contribution in [1.29, 1.82) is 5.26 Å². The zero-order valence-electron chi connectivity index (χ0n) is 21.6. The molecule has 0 radical (unpaired) electrons. The number of nitrogens with zero attached hydrogens (tertiary/aromatic N) is 3. The summed E-state index contributed by atoms with van der Waals surface area (Å²) in [5.41, 5.74) is 4.21. The molecule has 4 aliphatic rings. The van der Waals surface area contributed by atoms with Crippen molar-refractivity contribution in [3.05, 3.63) is 29.3 Å². The van der Waals surface area contributed by atoms with Gasteiger partial charge in [0.25, 0.3) is 11.8 Å². The van der Waals surface area contributed by atoms with Crippen LogP contribution in [0.25, 0.3) is 0 Å². The highest BCUT2D eigenvalue weighted by molar-refractivity contribution is 5.96. The summed E-state index contributed by atoms with van der Waals surface area (Å²) in [5.74, 6) is -3.62. The van der Waals surface area contributed by atoms with Crippen LogP contribution in [0, 0.1) is 24.2 Å². The number of nitrogens with one attached hydrogen (secondary N) is 3. The van der Waals surface area contributed by atoms with Gasteiger partial charge in [-0.15, -0.1) is 0 Å². The highest BCUT2D eigenvalue weighted by Crippen LogP contribution is 2.44. The lowest BCUT2D eigenvalue weighted by atomic mass is 9.76. The Hall–Kier alpha value is -2.84. The Morgan fingerprint density at radius 1 is 1.21 bits per heavy atom. The molecule has 4 fully saturated rings. The predicted octanol–water partition coefficient (Wildman–Crippen LogP) is 3.49. The van der Waals surface area contributed by atoms with Gasteiger partial charge in [-0.25, -0.2) is 23.6 Å². The molecule has 0 spiro atoms. The summed E-state index contributed by atoms with van der Waals surface area (Å²) in [6.45, 7) is 2.32. The molecule has 5 rings (SSSR count). The number of benzene rings is 1. The number of hydrazine groups is 1. The molecule has 1 aromatic rings. The molecule has 11 heteroatoms. The van der Waals surface area contributed by atoms with Gasteiger partial charge >= 0.3 is 0 Å². The minimum absolute atomic E-state index is 0.0191. The van der Waals surface area contributed by atoms with Gasteiger partial charge < -0.3 is 15.5 Å². The first-order valence-electron chi connectivity index (χ1n) is 13.5. The number of anilines is 1. The number of carbonyl (C=O) groups excluding carboxylic acids is 2. The van der Waals surface area contributed by atoms with E-state index in [1.54, 1.807) is 25.1 Å². The van der Waals surface area contributed by atoms with Gasteiger partial charge in [-0.2, -0.15) is 5.26 Å². The van der Waals surface area contributed by atoms with E-state index >= 15 is 4.39 Å². The minimum atomic E-state index is -2.73. The first-order chi connectivity index (χ1) is 18.1. The summed E-state index contributed by atoms with van der Waals surface area (Å²) < 4.78 is 42.5. The maximum Gasteiger partial charge on any atom is 0.254 e. The fourth-order valence-electron chi connectivity index (χ4n) is 6.64. The molecule has 2 amide bonds. The summed E-state index contributed by atoms with van der Waals surface area (Å²) in [5, 5.41) is 17.8. The number of hydrogen-bond acceptors (Lipinski definition) is 6. The van der Waals surface area contributed by atoms with Gasteiger partial charge in [-0.3, -0.25) is 9.59 Å². The molecule has 0 bridgehead atoms. The molecule has 1 aliphatic carbocycles. The fourth-order valence-corrected chi connectivity index (χ4v) is 6.64. The Balaban J connectivity index is 1.35. The van der Waals surface area contributed by atoms with Crippen LogP contribution >= 0.6 is 0 Å². The second-order valence-corrected chi connectivity index (χ2v) is 11.1. The van der Waals surface area contributed by atoms with Gasteiger partial charge in [-0.05, 0) is 49.9 Å². The van der Waals surface area contributed by atoms with Crippen LogP contribution in [0.4, 0.5) is 18.9 Å². The van der Waals surface area contributed by atoms with Crippen LogP contribution in [0.15, 0.2) is 18.2 Å². The smallest absolute Gasteiger partial charge is 0.254 e. The van der Waals surface area contributed by atoms with E-state index in [9.17, 15) is 23.6 Å². The molecule has 5 atom stereocenters. The lowest BCUT2D eigenvalue weighted by Gasteiger charge is -2.48. The van der Waals surface area contributed by atoms with Crippen molar-refractivity contribution in [1.82, 2.24) is 20.7 Å². The van der Waals surface area contributed by atoms with E-state index in [2.05, 4.69) is 22.1 Å². The second kappa shape index (κ2) is 10.4. The number of amides is 2. The Kier molecular flexibility index (Phi) is 7.31. The lowest BCUT2D eigenvalue weighted by Crippen LogP contribution is -2.63. The van der Waals surface area contributed by atoms with Gasteiger partial charge in [-0.1, -0.05) is 12.8 Å². The summed E-state index contributed by atoms with van der Waals surface area (Å²) in [6.07, 6.45) is 0.853. The number of alkyl halides is 3. The molecule has 0 aromatic heterocycles. The summed E-state index contributed by atoms with van der Waals surface area (Å²) in [7, 11) is 0. The van der Waals surface area contributed by atoms with Gasteiger partial charge in [0, 0.05) is 49.8 Å². The van der Waals surface area contributed by atoms with Crippen LogP contribution in [0.3, 0.4) is 0 Å². The quantitative estimate of drug-likeness (QED) is 0.537. The third-order valence-electron chi connectivity index (χ3n) is 8.75. The average molecular weight is 533 g/mol. The predicted molar refractivity (Wildman–Crippen MR) is 135 cm³/mol. The van der Waals surface area contributed by atoms with E-state index in [1.165, 1.54) is 4.90 Å². The van der Waals surface area contributed by atoms with Crippen molar-refractivity contribution in [2.45, 2.75) is 88.1 Å². The molecule has 3 heterocycles. The molecule has 38 heavy (non-hydrogen) atoms. The van der Waals surface area contributed by atoms with Crippen molar-refractivity contribution >= 4 is 17.5 Å². The standard InChI is InChI=1S/C27H35F3N6O2/c1-17-16-18(5-6-19(17)25(38)35-14-10-27(29,30)11-15-35)33-23-22-20(7-13-32-24(22)37)36(34-23)26(9-12-31)8-3-2-4-21(26)28/h5-6,16,20-23,33-34H,2-4,7-11,13-15H2,1H3,(H,32,37)/t20?,21-,22?,23?,26-/m1/s1. The normalized spacial score (nSPS) is 33.2. The summed E-state index contributed by atoms with van der Waals surface area (Å²) >= 11 is 0. The largest absolute Gasteiger partial charge is 0.368 e. The Morgan fingerprint density at radius 2 is 1.97 bits per heavy atom. The van der Waals surface area contributed by atoms with E-state index in [-0.39, 0.29) is 50.2 Å². The molecule has 3 saturated heterocycles. The first-order valence-corrected chi connectivity index (χ1v) is 13.5. The van der Waals surface area contributed by atoms with Gasteiger partial charge in [0.1, 0.15) is 12.3 Å². The van der Waals surface area contributed by atoms with Crippen LogP contribution in [0.5, 0.6) is 0 Å². The first kappa shape index (κ1) is 26.8. The van der Waals surface area contributed by atoms with Crippen LogP contribution in [0.1, 0.15) is 67.3 Å². The molecule has 3 aliphatic heterocycles. The second-order valence-electron chi connectivity index (χ2n) is 11.1. The van der Waals surface area contributed by atoms with Crippen molar-refractivity contribution < 1.29 is 22.8 Å². The van der Waals surface area contributed by atoms with Crippen LogP contribution in [-0.4, -0.2) is 71.2 Å². The molecule has 3 N–H and O–H groups in total. The van der Waals surface area contributed by atoms with E-state index in [0.29, 0.717) is 42.6 Å². The summed E-state index contributed by atoms with van der Waals surface area (Å²) in [4.78, 5) is 27.5. The van der Waals surface area contributed by atoms with E-state index in [4.69, 9.17) is 0 Å². The van der Waals surface area contributed by atoms with Crippen molar-refractivity contribution in [3.8, 4) is 6.07 Å². The monoisotopic (exact) mass is 532 g/mol. The van der Waals surface area contributed by atoms with Crippen molar-refractivity contribution in [3.63, 3.8) is 0 Å². The Labute approximate surface area is 220 Å². The number of likely N-dealkylation sites (tertiary alicyclic amines) is 1. The SMILES string of the molecule is Cc1cc(NC2NN([C@@]3(CC#N)CCCC[C@H]3F)C3CCNC(=O)C23)ccc1C(=O)N1CCC(F)(F)CC1. The number of rotatable bonds is 5. The lowest BCUT2D eigenvalue weighted by molar-refractivity contribution is -0.129. The van der Waals surface area contributed by atoms with E-state index in [1.807, 2.05) is 5.01 Å².